The van der Waals surface area contributed by atoms with E-state index in [-0.39, 0.29) is 5.91 Å². The summed E-state index contributed by atoms with van der Waals surface area (Å²) in [6, 6.07) is 13.5. The summed E-state index contributed by atoms with van der Waals surface area (Å²) in [5.74, 6) is 0.302. The summed E-state index contributed by atoms with van der Waals surface area (Å²) in [6.45, 7) is 0.656. The summed E-state index contributed by atoms with van der Waals surface area (Å²) < 4.78 is 1.89. The molecular formula is C16H14N4O. The molecule has 3 rings (SSSR count). The van der Waals surface area contributed by atoms with Crippen molar-refractivity contribution in [2.75, 3.05) is 5.32 Å². The lowest BCUT2D eigenvalue weighted by Gasteiger charge is -2.09. The summed E-state index contributed by atoms with van der Waals surface area (Å²) in [6.07, 6.45) is 6.67. The van der Waals surface area contributed by atoms with Crippen LogP contribution in [-0.4, -0.2) is 20.4 Å². The quantitative estimate of drug-likeness (QED) is 0.798. The average molecular weight is 278 g/mol. The molecule has 0 fully saturated rings. The van der Waals surface area contributed by atoms with E-state index in [1.54, 1.807) is 24.5 Å². The molecule has 0 radical (unpaired) electrons. The second-order valence-corrected chi connectivity index (χ2v) is 4.56. The first kappa shape index (κ1) is 13.1. The number of pyridine rings is 1. The zero-order valence-corrected chi connectivity index (χ0v) is 11.3. The molecule has 0 spiro atoms. The van der Waals surface area contributed by atoms with Gasteiger partial charge >= 0.3 is 0 Å². The largest absolute Gasteiger partial charge is 0.313 e. The molecule has 3 aromatic rings. The van der Waals surface area contributed by atoms with Gasteiger partial charge in [-0.3, -0.25) is 15.1 Å². The topological polar surface area (TPSA) is 59.8 Å². The van der Waals surface area contributed by atoms with E-state index < -0.39 is 0 Å². The van der Waals surface area contributed by atoms with E-state index in [9.17, 15) is 4.79 Å². The van der Waals surface area contributed by atoms with Crippen molar-refractivity contribution in [2.24, 2.45) is 0 Å². The molecule has 0 aliphatic rings. The number of anilines is 1. The van der Waals surface area contributed by atoms with Crippen LogP contribution in [0.5, 0.6) is 0 Å². The van der Waals surface area contributed by atoms with Crippen molar-refractivity contribution in [3.05, 3.63) is 78.4 Å². The van der Waals surface area contributed by atoms with Crippen LogP contribution in [0.25, 0.3) is 0 Å². The predicted molar refractivity (Wildman–Crippen MR) is 80.0 cm³/mol. The molecule has 5 nitrogen and oxygen atoms in total. The normalized spacial score (nSPS) is 10.3. The minimum Gasteiger partial charge on any atom is -0.313 e. The van der Waals surface area contributed by atoms with E-state index in [4.69, 9.17) is 0 Å². The molecule has 1 aromatic carbocycles. The van der Waals surface area contributed by atoms with Gasteiger partial charge in [0.05, 0.1) is 12.1 Å². The molecular weight excluding hydrogens is 264 g/mol. The van der Waals surface area contributed by atoms with E-state index in [1.807, 2.05) is 41.1 Å². The zero-order chi connectivity index (χ0) is 14.5. The number of imidazole rings is 1. The molecule has 2 aromatic heterocycles. The Kier molecular flexibility index (Phi) is 3.73. The van der Waals surface area contributed by atoms with Crippen LogP contribution in [0, 0.1) is 0 Å². The number of nitrogens with one attached hydrogen (secondary N) is 1. The highest BCUT2D eigenvalue weighted by atomic mass is 16.1. The fourth-order valence-electron chi connectivity index (χ4n) is 2.01. The number of nitrogens with zero attached hydrogens (tertiary/aromatic N) is 3. The highest BCUT2D eigenvalue weighted by Crippen LogP contribution is 2.10. The summed E-state index contributed by atoms with van der Waals surface area (Å²) in [4.78, 5) is 20.2. The number of aromatic nitrogens is 3. The Bertz CT molecular complexity index is 722. The van der Waals surface area contributed by atoms with Gasteiger partial charge in [-0.1, -0.05) is 30.3 Å². The van der Waals surface area contributed by atoms with Gasteiger partial charge in [0.15, 0.2) is 0 Å². The van der Waals surface area contributed by atoms with Crippen LogP contribution in [-0.2, 0) is 6.54 Å². The monoisotopic (exact) mass is 278 g/mol. The Labute approximate surface area is 122 Å². The first-order chi connectivity index (χ1) is 10.3. The maximum absolute atomic E-state index is 12.1. The number of hydrogen-bond acceptors (Lipinski definition) is 3. The van der Waals surface area contributed by atoms with Crippen molar-refractivity contribution in [1.82, 2.24) is 14.5 Å². The average Bonchev–Trinajstić information content (AvgIpc) is 2.96. The molecule has 0 saturated heterocycles. The number of benzene rings is 1. The first-order valence-electron chi connectivity index (χ1n) is 6.59. The lowest BCUT2D eigenvalue weighted by Crippen LogP contribution is -2.16. The van der Waals surface area contributed by atoms with Gasteiger partial charge in [-0.05, 0) is 17.7 Å². The second-order valence-electron chi connectivity index (χ2n) is 4.56. The number of carbonyl (C=O) groups is 1. The molecule has 0 aliphatic heterocycles. The summed E-state index contributed by atoms with van der Waals surface area (Å²) in [7, 11) is 0. The first-order valence-corrected chi connectivity index (χ1v) is 6.59. The summed E-state index contributed by atoms with van der Waals surface area (Å²) in [5, 5.41) is 2.80. The van der Waals surface area contributed by atoms with Gasteiger partial charge in [0.1, 0.15) is 0 Å². The predicted octanol–water partition coefficient (Wildman–Crippen LogP) is 2.58. The van der Waals surface area contributed by atoms with Gasteiger partial charge in [-0.25, -0.2) is 4.98 Å². The lowest BCUT2D eigenvalue weighted by atomic mass is 10.2. The van der Waals surface area contributed by atoms with Crippen molar-refractivity contribution >= 4 is 11.9 Å². The van der Waals surface area contributed by atoms with E-state index in [1.165, 1.54) is 6.20 Å². The van der Waals surface area contributed by atoms with Gasteiger partial charge in [0, 0.05) is 24.8 Å². The fourth-order valence-corrected chi connectivity index (χ4v) is 2.01. The smallest absolute Gasteiger partial charge is 0.259 e. The molecule has 0 bridgehead atoms. The number of hydrogen-bond donors (Lipinski definition) is 1. The highest BCUT2D eigenvalue weighted by Gasteiger charge is 2.10. The lowest BCUT2D eigenvalue weighted by molar-refractivity contribution is 0.102. The number of amides is 1. The minimum absolute atomic E-state index is 0.219. The molecule has 21 heavy (non-hydrogen) atoms. The SMILES string of the molecule is O=C(Nc1nccn1Cc1ccccc1)c1cccnc1. The third-order valence-electron chi connectivity index (χ3n) is 3.06. The van der Waals surface area contributed by atoms with Crippen LogP contribution in [0.3, 0.4) is 0 Å². The summed E-state index contributed by atoms with van der Waals surface area (Å²) >= 11 is 0. The van der Waals surface area contributed by atoms with Gasteiger partial charge in [-0.15, -0.1) is 0 Å². The molecule has 0 unspecified atom stereocenters. The fraction of sp³-hybridized carbons (Fsp3) is 0.0625. The molecule has 1 N–H and O–H groups in total. The highest BCUT2D eigenvalue weighted by molar-refractivity contribution is 6.03. The van der Waals surface area contributed by atoms with Crippen molar-refractivity contribution in [3.8, 4) is 0 Å². The Hall–Kier alpha value is -2.95. The molecule has 2 heterocycles. The Morgan fingerprint density at radius 1 is 1.10 bits per heavy atom. The van der Waals surface area contributed by atoms with E-state index in [0.29, 0.717) is 18.1 Å². The van der Waals surface area contributed by atoms with Crippen molar-refractivity contribution in [1.29, 1.82) is 0 Å². The molecule has 0 aliphatic carbocycles. The van der Waals surface area contributed by atoms with Gasteiger partial charge in [0.25, 0.3) is 5.91 Å². The Morgan fingerprint density at radius 2 is 1.95 bits per heavy atom. The van der Waals surface area contributed by atoms with E-state index in [2.05, 4.69) is 15.3 Å². The van der Waals surface area contributed by atoms with Crippen LogP contribution in [0.2, 0.25) is 0 Å². The van der Waals surface area contributed by atoms with Crippen LogP contribution >= 0.6 is 0 Å². The maximum Gasteiger partial charge on any atom is 0.259 e. The van der Waals surface area contributed by atoms with Crippen LogP contribution in [0.4, 0.5) is 5.95 Å². The molecule has 1 amide bonds. The van der Waals surface area contributed by atoms with Crippen molar-refractivity contribution in [3.63, 3.8) is 0 Å². The Balaban J connectivity index is 1.75. The van der Waals surface area contributed by atoms with E-state index in [0.717, 1.165) is 5.56 Å². The van der Waals surface area contributed by atoms with Crippen LogP contribution in [0.1, 0.15) is 15.9 Å². The second kappa shape index (κ2) is 6.00. The molecule has 0 saturated carbocycles. The zero-order valence-electron chi connectivity index (χ0n) is 11.3. The van der Waals surface area contributed by atoms with Crippen molar-refractivity contribution in [2.45, 2.75) is 6.54 Å². The minimum atomic E-state index is -0.219. The number of carbonyl (C=O) groups excluding carboxylic acids is 1. The van der Waals surface area contributed by atoms with Crippen LogP contribution < -0.4 is 5.32 Å². The molecule has 104 valence electrons. The third kappa shape index (κ3) is 3.14. The Morgan fingerprint density at radius 3 is 2.71 bits per heavy atom. The van der Waals surface area contributed by atoms with Gasteiger partial charge < -0.3 is 4.57 Å². The standard InChI is InChI=1S/C16H14N4O/c21-15(14-7-4-8-17-11-14)19-16-18-9-10-20(16)12-13-5-2-1-3-6-13/h1-11H,12H2,(H,18,19,21). The molecule has 5 heteroatoms. The maximum atomic E-state index is 12.1. The number of rotatable bonds is 4. The van der Waals surface area contributed by atoms with Gasteiger partial charge in [-0.2, -0.15) is 0 Å². The van der Waals surface area contributed by atoms with Gasteiger partial charge in [0.2, 0.25) is 5.95 Å². The third-order valence-corrected chi connectivity index (χ3v) is 3.06. The van der Waals surface area contributed by atoms with E-state index >= 15 is 0 Å². The van der Waals surface area contributed by atoms with Crippen LogP contribution in [0.15, 0.2) is 67.3 Å². The van der Waals surface area contributed by atoms with Crippen molar-refractivity contribution < 1.29 is 4.79 Å². The molecule has 0 atom stereocenters. The summed E-state index contributed by atoms with van der Waals surface area (Å²) in [5.41, 5.74) is 1.65.